The average molecular weight is 349 g/mol. The first-order valence-electron chi connectivity index (χ1n) is 8.16. The third-order valence-electron chi connectivity index (χ3n) is 5.55. The van der Waals surface area contributed by atoms with E-state index in [1.807, 2.05) is 0 Å². The molecule has 4 rings (SSSR count). The summed E-state index contributed by atoms with van der Waals surface area (Å²) in [5, 5.41) is 0.535. The van der Waals surface area contributed by atoms with E-state index >= 15 is 0 Å². The van der Waals surface area contributed by atoms with E-state index < -0.39 is 18.0 Å². The third kappa shape index (κ3) is 2.34. The lowest BCUT2D eigenvalue weighted by atomic mass is 9.80. The smallest absolute Gasteiger partial charge is 0.310 e. The molecule has 0 spiro atoms. The number of ether oxygens (including phenoxy) is 2. The van der Waals surface area contributed by atoms with E-state index in [9.17, 15) is 14.4 Å². The molecule has 5 nitrogen and oxygen atoms in total. The van der Waals surface area contributed by atoms with Gasteiger partial charge in [0.2, 0.25) is 5.78 Å². The van der Waals surface area contributed by atoms with Gasteiger partial charge in [0.05, 0.1) is 11.8 Å². The number of benzene rings is 1. The number of esters is 2. The Bertz CT molecular complexity index is 711. The van der Waals surface area contributed by atoms with E-state index in [-0.39, 0.29) is 35.6 Å². The Morgan fingerprint density at radius 1 is 1.25 bits per heavy atom. The monoisotopic (exact) mass is 348 g/mol. The second-order valence-corrected chi connectivity index (χ2v) is 7.31. The van der Waals surface area contributed by atoms with Gasteiger partial charge in [-0.1, -0.05) is 11.6 Å². The molecule has 1 heterocycles. The molecule has 1 aromatic rings. The van der Waals surface area contributed by atoms with Crippen molar-refractivity contribution in [1.29, 1.82) is 0 Å². The van der Waals surface area contributed by atoms with E-state index in [2.05, 4.69) is 0 Å². The molecule has 1 aliphatic heterocycles. The Labute approximate surface area is 144 Å². The minimum Gasteiger partial charge on any atom is -0.462 e. The highest BCUT2D eigenvalue weighted by atomic mass is 35.5. The van der Waals surface area contributed by atoms with Gasteiger partial charge >= 0.3 is 11.9 Å². The highest BCUT2D eigenvalue weighted by Crippen LogP contribution is 2.58. The van der Waals surface area contributed by atoms with E-state index in [1.54, 1.807) is 31.2 Å². The zero-order chi connectivity index (χ0) is 17.0. The van der Waals surface area contributed by atoms with Crippen LogP contribution in [-0.4, -0.2) is 29.9 Å². The standard InChI is InChI=1S/C18H17ClO5/c1-8(16(20)9-2-4-11(19)5-3-9)23-17(21)14-10-6-12-13(7-10)24-18(22)15(12)14/h2-5,8,10,12-15H,6-7H2,1H3/t8-,10-,12+,13-,14+,15+/m1/s1. The van der Waals surface area contributed by atoms with Crippen molar-refractivity contribution in [3.05, 3.63) is 34.9 Å². The van der Waals surface area contributed by atoms with Crippen LogP contribution in [-0.2, 0) is 19.1 Å². The van der Waals surface area contributed by atoms with Crippen LogP contribution in [0.2, 0.25) is 5.02 Å². The molecule has 2 saturated carbocycles. The van der Waals surface area contributed by atoms with Gasteiger partial charge < -0.3 is 9.47 Å². The van der Waals surface area contributed by atoms with Crippen LogP contribution in [0.3, 0.4) is 0 Å². The first-order valence-corrected chi connectivity index (χ1v) is 8.54. The van der Waals surface area contributed by atoms with E-state index in [0.717, 1.165) is 12.8 Å². The van der Waals surface area contributed by atoms with Crippen LogP contribution in [0.25, 0.3) is 0 Å². The second kappa shape index (κ2) is 5.59. The van der Waals surface area contributed by atoms with Crippen LogP contribution in [0.4, 0.5) is 0 Å². The van der Waals surface area contributed by atoms with Gasteiger partial charge in [0.1, 0.15) is 6.10 Å². The molecule has 6 heteroatoms. The second-order valence-electron chi connectivity index (χ2n) is 6.87. The molecule has 3 aliphatic rings. The Morgan fingerprint density at radius 2 is 1.96 bits per heavy atom. The van der Waals surface area contributed by atoms with Crippen LogP contribution < -0.4 is 0 Å². The molecule has 0 aromatic heterocycles. The summed E-state index contributed by atoms with van der Waals surface area (Å²) in [5.41, 5.74) is 0.438. The summed E-state index contributed by atoms with van der Waals surface area (Å²) in [5.74, 6) is -1.62. The number of Topliss-reactive ketones (excluding diaryl/α,β-unsaturated/α-hetero) is 1. The van der Waals surface area contributed by atoms with Gasteiger partial charge in [-0.2, -0.15) is 0 Å². The van der Waals surface area contributed by atoms with Crippen molar-refractivity contribution in [2.24, 2.45) is 23.7 Å². The van der Waals surface area contributed by atoms with Gasteiger partial charge in [-0.05, 0) is 49.9 Å². The molecule has 126 valence electrons. The molecular formula is C18H17ClO5. The average Bonchev–Trinajstić information content (AvgIpc) is 3.16. The van der Waals surface area contributed by atoms with Crippen molar-refractivity contribution in [1.82, 2.24) is 0 Å². The summed E-state index contributed by atoms with van der Waals surface area (Å²) in [4.78, 5) is 36.9. The van der Waals surface area contributed by atoms with Gasteiger partial charge in [-0.25, -0.2) is 0 Å². The van der Waals surface area contributed by atoms with Crippen molar-refractivity contribution < 1.29 is 23.9 Å². The number of hydrogen-bond acceptors (Lipinski definition) is 5. The summed E-state index contributed by atoms with van der Waals surface area (Å²) < 4.78 is 10.7. The lowest BCUT2D eigenvalue weighted by Gasteiger charge is -2.24. The fraction of sp³-hybridized carbons (Fsp3) is 0.500. The fourth-order valence-corrected chi connectivity index (χ4v) is 4.61. The van der Waals surface area contributed by atoms with Gasteiger partial charge in [0.25, 0.3) is 0 Å². The van der Waals surface area contributed by atoms with Crippen LogP contribution in [0.5, 0.6) is 0 Å². The zero-order valence-electron chi connectivity index (χ0n) is 13.1. The quantitative estimate of drug-likeness (QED) is 0.618. The normalized spacial score (nSPS) is 34.1. The number of carbonyl (C=O) groups is 3. The summed E-state index contributed by atoms with van der Waals surface area (Å²) in [6, 6.07) is 6.44. The Hall–Kier alpha value is -1.88. The number of hydrogen-bond donors (Lipinski definition) is 0. The van der Waals surface area contributed by atoms with Crippen LogP contribution in [0, 0.1) is 23.7 Å². The third-order valence-corrected chi connectivity index (χ3v) is 5.80. The molecule has 6 atom stereocenters. The molecule has 0 radical (unpaired) electrons. The minimum absolute atomic E-state index is 0.0235. The summed E-state index contributed by atoms with van der Waals surface area (Å²) in [6.45, 7) is 1.55. The maximum Gasteiger partial charge on any atom is 0.310 e. The molecule has 2 aliphatic carbocycles. The van der Waals surface area contributed by atoms with E-state index in [0.29, 0.717) is 10.6 Å². The number of carbonyl (C=O) groups excluding carboxylic acids is 3. The molecule has 0 amide bonds. The summed E-state index contributed by atoms with van der Waals surface area (Å²) in [7, 11) is 0. The number of fused-ring (bicyclic) bond motifs is 1. The molecule has 3 fully saturated rings. The Balaban J connectivity index is 1.45. The van der Waals surface area contributed by atoms with E-state index in [1.165, 1.54) is 0 Å². The van der Waals surface area contributed by atoms with Crippen molar-refractivity contribution in [3.63, 3.8) is 0 Å². The summed E-state index contributed by atoms with van der Waals surface area (Å²) >= 11 is 5.81. The topological polar surface area (TPSA) is 69.7 Å². The number of rotatable bonds is 4. The molecular weight excluding hydrogens is 332 g/mol. The Morgan fingerprint density at radius 3 is 2.67 bits per heavy atom. The van der Waals surface area contributed by atoms with E-state index in [4.69, 9.17) is 21.1 Å². The lowest BCUT2D eigenvalue weighted by molar-refractivity contribution is -0.157. The molecule has 1 saturated heterocycles. The summed E-state index contributed by atoms with van der Waals surface area (Å²) in [6.07, 6.45) is 0.641. The molecule has 24 heavy (non-hydrogen) atoms. The van der Waals surface area contributed by atoms with Crippen molar-refractivity contribution >= 4 is 29.3 Å². The van der Waals surface area contributed by atoms with Crippen LogP contribution in [0.1, 0.15) is 30.1 Å². The van der Waals surface area contributed by atoms with Crippen molar-refractivity contribution in [3.8, 4) is 0 Å². The first-order chi connectivity index (χ1) is 11.5. The predicted molar refractivity (Wildman–Crippen MR) is 84.4 cm³/mol. The van der Waals surface area contributed by atoms with Gasteiger partial charge in [0, 0.05) is 16.5 Å². The zero-order valence-corrected chi connectivity index (χ0v) is 13.9. The molecule has 1 aromatic carbocycles. The van der Waals surface area contributed by atoms with Gasteiger partial charge in [-0.15, -0.1) is 0 Å². The lowest BCUT2D eigenvalue weighted by Crippen LogP contribution is -2.36. The molecule has 2 bridgehead atoms. The SMILES string of the molecule is C[C@@H](OC(=O)[C@H]1[C@@H]2C[C@@H]3[C@@H]1C(=O)O[C@@H]3C2)C(=O)c1ccc(Cl)cc1. The maximum atomic E-state index is 12.6. The predicted octanol–water partition coefficient (Wildman–Crippen LogP) is 2.65. The highest BCUT2D eigenvalue weighted by Gasteiger charge is 2.64. The van der Waals surface area contributed by atoms with Crippen molar-refractivity contribution in [2.75, 3.05) is 0 Å². The molecule has 0 unspecified atom stereocenters. The maximum absolute atomic E-state index is 12.6. The van der Waals surface area contributed by atoms with Crippen molar-refractivity contribution in [2.45, 2.75) is 32.0 Å². The molecule has 0 N–H and O–H groups in total. The minimum atomic E-state index is -0.897. The van der Waals surface area contributed by atoms with Crippen LogP contribution in [0.15, 0.2) is 24.3 Å². The van der Waals surface area contributed by atoms with Crippen LogP contribution >= 0.6 is 11.6 Å². The number of ketones is 1. The highest BCUT2D eigenvalue weighted by molar-refractivity contribution is 6.30. The largest absolute Gasteiger partial charge is 0.462 e. The Kier molecular flexibility index (Phi) is 3.64. The number of halogens is 1. The fourth-order valence-electron chi connectivity index (χ4n) is 4.48. The van der Waals surface area contributed by atoms with Gasteiger partial charge in [0.15, 0.2) is 6.10 Å². The van der Waals surface area contributed by atoms with Gasteiger partial charge in [-0.3, -0.25) is 14.4 Å². The first kappa shape index (κ1) is 15.6.